The second-order valence-corrected chi connectivity index (χ2v) is 10.5. The van der Waals surface area contributed by atoms with Crippen molar-refractivity contribution < 1.29 is 13.2 Å². The van der Waals surface area contributed by atoms with Gasteiger partial charge in [-0.2, -0.15) is 0 Å². The SMILES string of the molecule is COc1ccc(Cl)cc1S(=O)(=O)NCCC12CC3CC(CC(C3)C1)C2. The van der Waals surface area contributed by atoms with Crippen LogP contribution in [0.3, 0.4) is 0 Å². The first-order valence-electron chi connectivity index (χ1n) is 9.22. The van der Waals surface area contributed by atoms with Gasteiger partial charge in [0, 0.05) is 11.6 Å². The van der Waals surface area contributed by atoms with Crippen molar-refractivity contribution in [1.29, 1.82) is 0 Å². The summed E-state index contributed by atoms with van der Waals surface area (Å²) in [5.74, 6) is 2.98. The summed E-state index contributed by atoms with van der Waals surface area (Å²) >= 11 is 5.98. The van der Waals surface area contributed by atoms with Crippen LogP contribution in [0.15, 0.2) is 23.1 Å². The van der Waals surface area contributed by atoms with E-state index in [-0.39, 0.29) is 4.90 Å². The number of halogens is 1. The van der Waals surface area contributed by atoms with Gasteiger partial charge in [-0.3, -0.25) is 0 Å². The predicted octanol–water partition coefficient (Wildman–Crippen LogP) is 4.23. The average molecular weight is 384 g/mol. The van der Waals surface area contributed by atoms with Crippen molar-refractivity contribution in [3.63, 3.8) is 0 Å². The van der Waals surface area contributed by atoms with Gasteiger partial charge in [0.1, 0.15) is 10.6 Å². The molecule has 4 bridgehead atoms. The third kappa shape index (κ3) is 3.43. The second kappa shape index (κ2) is 6.43. The summed E-state index contributed by atoms with van der Waals surface area (Å²) in [4.78, 5) is 0.119. The van der Waals surface area contributed by atoms with Crippen molar-refractivity contribution in [3.05, 3.63) is 23.2 Å². The summed E-state index contributed by atoms with van der Waals surface area (Å²) in [5.41, 5.74) is 0.371. The van der Waals surface area contributed by atoms with Crippen LogP contribution in [0.5, 0.6) is 5.75 Å². The Kier molecular flexibility index (Phi) is 4.53. The van der Waals surface area contributed by atoms with E-state index in [9.17, 15) is 8.42 Å². The van der Waals surface area contributed by atoms with Gasteiger partial charge in [0.05, 0.1) is 7.11 Å². The van der Waals surface area contributed by atoms with Crippen LogP contribution in [0.2, 0.25) is 5.02 Å². The molecule has 1 N–H and O–H groups in total. The second-order valence-electron chi connectivity index (χ2n) is 8.36. The Morgan fingerprint density at radius 2 is 1.76 bits per heavy atom. The molecule has 6 heteroatoms. The number of benzene rings is 1. The van der Waals surface area contributed by atoms with Crippen LogP contribution in [0.1, 0.15) is 44.9 Å². The van der Waals surface area contributed by atoms with Crippen molar-refractivity contribution in [1.82, 2.24) is 4.72 Å². The Hall–Kier alpha value is -0.780. The monoisotopic (exact) mass is 383 g/mol. The summed E-state index contributed by atoms with van der Waals surface area (Å²) in [5, 5.41) is 0.391. The number of hydrogen-bond acceptors (Lipinski definition) is 3. The van der Waals surface area contributed by atoms with Gasteiger partial charge in [0.2, 0.25) is 10.0 Å². The van der Waals surface area contributed by atoms with Crippen molar-refractivity contribution in [2.75, 3.05) is 13.7 Å². The fourth-order valence-electron chi connectivity index (χ4n) is 5.99. The lowest BCUT2D eigenvalue weighted by Crippen LogP contribution is -2.47. The number of methoxy groups -OCH3 is 1. The minimum absolute atomic E-state index is 0.119. The lowest BCUT2D eigenvalue weighted by Gasteiger charge is -2.57. The molecule has 4 aliphatic rings. The predicted molar refractivity (Wildman–Crippen MR) is 98.4 cm³/mol. The number of sulfonamides is 1. The van der Waals surface area contributed by atoms with Gasteiger partial charge < -0.3 is 4.74 Å². The third-order valence-corrected chi connectivity index (χ3v) is 8.24. The molecule has 25 heavy (non-hydrogen) atoms. The smallest absolute Gasteiger partial charge is 0.244 e. The molecule has 4 aliphatic carbocycles. The van der Waals surface area contributed by atoms with E-state index in [1.165, 1.54) is 51.7 Å². The van der Waals surface area contributed by atoms with Gasteiger partial charge in [-0.25, -0.2) is 13.1 Å². The lowest BCUT2D eigenvalue weighted by molar-refractivity contribution is -0.0561. The Bertz CT molecular complexity index is 727. The van der Waals surface area contributed by atoms with E-state index >= 15 is 0 Å². The van der Waals surface area contributed by atoms with E-state index < -0.39 is 10.0 Å². The molecule has 0 saturated heterocycles. The van der Waals surface area contributed by atoms with Gasteiger partial charge in [-0.1, -0.05) is 11.6 Å². The summed E-state index contributed by atoms with van der Waals surface area (Å²) in [6.07, 6.45) is 9.04. The van der Waals surface area contributed by atoms with Crippen LogP contribution in [0.25, 0.3) is 0 Å². The van der Waals surface area contributed by atoms with Crippen LogP contribution >= 0.6 is 11.6 Å². The maximum Gasteiger partial charge on any atom is 0.244 e. The molecule has 4 saturated carbocycles. The van der Waals surface area contributed by atoms with Crippen LogP contribution < -0.4 is 9.46 Å². The van der Waals surface area contributed by atoms with E-state index in [1.54, 1.807) is 12.1 Å². The van der Waals surface area contributed by atoms with Crippen LogP contribution in [0, 0.1) is 23.2 Å². The maximum absolute atomic E-state index is 12.7. The van der Waals surface area contributed by atoms with Crippen LogP contribution in [0.4, 0.5) is 0 Å². The van der Waals surface area contributed by atoms with Gasteiger partial charge in [-0.05, 0) is 86.3 Å². The molecule has 4 fully saturated rings. The fourth-order valence-corrected chi connectivity index (χ4v) is 7.45. The highest BCUT2D eigenvalue weighted by Gasteiger charge is 2.50. The van der Waals surface area contributed by atoms with Crippen molar-refractivity contribution in [3.8, 4) is 5.75 Å². The Balaban J connectivity index is 1.44. The zero-order valence-electron chi connectivity index (χ0n) is 14.6. The zero-order valence-corrected chi connectivity index (χ0v) is 16.2. The molecule has 5 rings (SSSR count). The highest BCUT2D eigenvalue weighted by molar-refractivity contribution is 7.89. The van der Waals surface area contributed by atoms with Crippen molar-refractivity contribution in [2.45, 2.75) is 49.8 Å². The average Bonchev–Trinajstić information content (AvgIpc) is 2.53. The lowest BCUT2D eigenvalue weighted by atomic mass is 9.49. The molecule has 0 unspecified atom stereocenters. The standard InChI is InChI=1S/C19H26ClNO3S/c1-24-17-3-2-16(20)9-18(17)25(22,23)21-5-4-19-10-13-6-14(11-19)8-15(7-13)12-19/h2-3,9,13-15,21H,4-8,10-12H2,1H3. The van der Waals surface area contributed by atoms with E-state index in [4.69, 9.17) is 16.3 Å². The van der Waals surface area contributed by atoms with E-state index in [1.807, 2.05) is 0 Å². The summed E-state index contributed by atoms with van der Waals surface area (Å²) in [6, 6.07) is 4.68. The zero-order chi connectivity index (χ0) is 17.7. The molecule has 0 radical (unpaired) electrons. The van der Waals surface area contributed by atoms with E-state index in [0.717, 1.165) is 24.2 Å². The molecule has 1 aromatic carbocycles. The van der Waals surface area contributed by atoms with Gasteiger partial charge in [0.25, 0.3) is 0 Å². The Morgan fingerprint density at radius 3 is 2.32 bits per heavy atom. The molecular weight excluding hydrogens is 358 g/mol. The molecule has 0 aliphatic heterocycles. The van der Waals surface area contributed by atoms with Gasteiger partial charge >= 0.3 is 0 Å². The summed E-state index contributed by atoms with van der Waals surface area (Å²) < 4.78 is 33.4. The molecule has 0 amide bonds. The quantitative estimate of drug-likeness (QED) is 0.799. The summed E-state index contributed by atoms with van der Waals surface area (Å²) in [7, 11) is -2.15. The fraction of sp³-hybridized carbons (Fsp3) is 0.684. The van der Waals surface area contributed by atoms with Gasteiger partial charge in [0.15, 0.2) is 0 Å². The number of ether oxygens (including phenoxy) is 1. The van der Waals surface area contributed by atoms with Crippen LogP contribution in [-0.4, -0.2) is 22.1 Å². The van der Waals surface area contributed by atoms with Crippen LogP contribution in [-0.2, 0) is 10.0 Å². The molecule has 4 nitrogen and oxygen atoms in total. The number of hydrogen-bond donors (Lipinski definition) is 1. The first-order valence-corrected chi connectivity index (χ1v) is 11.1. The molecule has 138 valence electrons. The number of nitrogens with one attached hydrogen (secondary N) is 1. The topological polar surface area (TPSA) is 55.4 Å². The minimum Gasteiger partial charge on any atom is -0.495 e. The molecule has 0 spiro atoms. The molecule has 1 aromatic rings. The number of rotatable bonds is 6. The minimum atomic E-state index is -3.62. The maximum atomic E-state index is 12.7. The molecule has 0 heterocycles. The Labute approximate surface area is 155 Å². The molecule has 0 aromatic heterocycles. The normalized spacial score (nSPS) is 33.6. The first kappa shape index (κ1) is 17.6. The first-order chi connectivity index (χ1) is 11.9. The third-order valence-electron chi connectivity index (χ3n) is 6.53. The Morgan fingerprint density at radius 1 is 1.16 bits per heavy atom. The molecular formula is C19H26ClNO3S. The van der Waals surface area contributed by atoms with Gasteiger partial charge in [-0.15, -0.1) is 0 Å². The van der Waals surface area contributed by atoms with E-state index in [2.05, 4.69) is 4.72 Å². The van der Waals surface area contributed by atoms with Crippen molar-refractivity contribution in [2.24, 2.45) is 23.2 Å². The largest absolute Gasteiger partial charge is 0.495 e. The molecule has 0 atom stereocenters. The highest BCUT2D eigenvalue weighted by Crippen LogP contribution is 2.61. The van der Waals surface area contributed by atoms with E-state index in [0.29, 0.717) is 22.7 Å². The van der Waals surface area contributed by atoms with Crippen molar-refractivity contribution >= 4 is 21.6 Å². The highest BCUT2D eigenvalue weighted by atomic mass is 35.5. The summed E-state index contributed by atoms with van der Waals surface area (Å²) in [6.45, 7) is 0.490.